The van der Waals surface area contributed by atoms with Gasteiger partial charge in [0.2, 0.25) is 0 Å². The number of amides is 1. The van der Waals surface area contributed by atoms with E-state index < -0.39 is 5.60 Å². The number of carbonyl (C=O) groups excluding carboxylic acids is 1. The van der Waals surface area contributed by atoms with Crippen molar-refractivity contribution in [1.82, 2.24) is 20.1 Å². The first kappa shape index (κ1) is 17.8. The molecule has 1 aliphatic rings. The lowest BCUT2D eigenvalue weighted by atomic mass is 9.85. The van der Waals surface area contributed by atoms with Crippen molar-refractivity contribution in [2.75, 3.05) is 0 Å². The van der Waals surface area contributed by atoms with Gasteiger partial charge in [0, 0.05) is 24.9 Å². The summed E-state index contributed by atoms with van der Waals surface area (Å²) in [5.41, 5.74) is -0.464. The van der Waals surface area contributed by atoms with Gasteiger partial charge in [-0.1, -0.05) is 20.3 Å². The fraction of sp³-hybridized carbons (Fsp3) is 0.824. The van der Waals surface area contributed by atoms with Crippen LogP contribution < -0.4 is 5.32 Å². The summed E-state index contributed by atoms with van der Waals surface area (Å²) in [7, 11) is 2.04. The van der Waals surface area contributed by atoms with Crippen LogP contribution in [0.5, 0.6) is 0 Å². The third kappa shape index (κ3) is 4.69. The van der Waals surface area contributed by atoms with Crippen LogP contribution in [0.2, 0.25) is 0 Å². The second-order valence-corrected chi connectivity index (χ2v) is 7.84. The minimum Gasteiger partial charge on any atom is -0.444 e. The van der Waals surface area contributed by atoms with Crippen LogP contribution in [0.25, 0.3) is 0 Å². The van der Waals surface area contributed by atoms with Crippen LogP contribution in [0.1, 0.15) is 83.8 Å². The predicted octanol–water partition coefficient (Wildman–Crippen LogP) is 3.49. The first-order chi connectivity index (χ1) is 10.7. The summed E-state index contributed by atoms with van der Waals surface area (Å²) in [6.07, 6.45) is 3.73. The molecule has 1 heterocycles. The van der Waals surface area contributed by atoms with Crippen molar-refractivity contribution in [3.63, 3.8) is 0 Å². The van der Waals surface area contributed by atoms with Crippen molar-refractivity contribution in [3.05, 3.63) is 11.6 Å². The molecule has 23 heavy (non-hydrogen) atoms. The van der Waals surface area contributed by atoms with Crippen molar-refractivity contribution in [3.8, 4) is 0 Å². The van der Waals surface area contributed by atoms with Gasteiger partial charge in [-0.25, -0.2) is 4.79 Å². The van der Waals surface area contributed by atoms with E-state index >= 15 is 0 Å². The highest BCUT2D eigenvalue weighted by atomic mass is 16.6. The van der Waals surface area contributed by atoms with Gasteiger partial charge in [0.05, 0.1) is 0 Å². The molecule has 0 aromatic carbocycles. The van der Waals surface area contributed by atoms with Crippen LogP contribution in [0.3, 0.4) is 0 Å². The van der Waals surface area contributed by atoms with Crippen molar-refractivity contribution in [1.29, 1.82) is 0 Å². The first-order valence-electron chi connectivity index (χ1n) is 8.56. The molecule has 0 unspecified atom stereocenters. The van der Waals surface area contributed by atoms with Gasteiger partial charge in [0.1, 0.15) is 17.2 Å². The van der Waals surface area contributed by atoms with E-state index in [0.29, 0.717) is 11.8 Å². The molecule has 0 saturated heterocycles. The molecule has 1 fully saturated rings. The zero-order chi connectivity index (χ0) is 17.2. The number of ether oxygens (including phenoxy) is 1. The normalized spacial score (nSPS) is 22.2. The molecular weight excluding hydrogens is 292 g/mol. The average Bonchev–Trinajstić information content (AvgIpc) is 2.78. The standard InChI is InChI=1S/C17H30N4O2/c1-11(2)14-19-20-15(21(14)6)12-8-7-9-13(10-12)18-16(22)23-17(3,4)5/h11-13H,7-10H2,1-6H3,(H,18,22)/t12-,13+/m0/s1. The van der Waals surface area contributed by atoms with Gasteiger partial charge >= 0.3 is 6.09 Å². The van der Waals surface area contributed by atoms with E-state index in [9.17, 15) is 4.79 Å². The Hall–Kier alpha value is -1.59. The summed E-state index contributed by atoms with van der Waals surface area (Å²) < 4.78 is 7.47. The Morgan fingerprint density at radius 3 is 2.57 bits per heavy atom. The Morgan fingerprint density at radius 1 is 1.30 bits per heavy atom. The molecule has 1 aromatic heterocycles. The maximum atomic E-state index is 12.0. The van der Waals surface area contributed by atoms with Gasteiger partial charge in [-0.2, -0.15) is 0 Å². The van der Waals surface area contributed by atoms with Crippen molar-refractivity contribution in [2.45, 2.75) is 83.8 Å². The number of hydrogen-bond acceptors (Lipinski definition) is 4. The molecule has 2 atom stereocenters. The number of nitrogens with zero attached hydrogens (tertiary/aromatic N) is 3. The molecule has 1 amide bonds. The van der Waals surface area contributed by atoms with Gasteiger partial charge < -0.3 is 14.6 Å². The molecule has 0 radical (unpaired) electrons. The quantitative estimate of drug-likeness (QED) is 0.925. The van der Waals surface area contributed by atoms with E-state index in [-0.39, 0.29) is 12.1 Å². The smallest absolute Gasteiger partial charge is 0.407 e. The van der Waals surface area contributed by atoms with E-state index in [1.807, 2.05) is 27.8 Å². The zero-order valence-electron chi connectivity index (χ0n) is 15.2. The van der Waals surface area contributed by atoms with Crippen LogP contribution in [0.4, 0.5) is 4.79 Å². The van der Waals surface area contributed by atoms with Gasteiger partial charge in [-0.15, -0.1) is 10.2 Å². The number of nitrogens with one attached hydrogen (secondary N) is 1. The molecule has 1 aliphatic carbocycles. The zero-order valence-corrected chi connectivity index (χ0v) is 15.2. The first-order valence-corrected chi connectivity index (χ1v) is 8.56. The Kier molecular flexibility index (Phi) is 5.32. The molecule has 2 rings (SSSR count). The van der Waals surface area contributed by atoms with Crippen molar-refractivity contribution in [2.24, 2.45) is 7.05 Å². The molecule has 130 valence electrons. The Labute approximate surface area is 139 Å². The molecule has 0 bridgehead atoms. The van der Waals surface area contributed by atoms with Crippen LogP contribution in [-0.2, 0) is 11.8 Å². The Balaban J connectivity index is 2.00. The number of hydrogen-bond donors (Lipinski definition) is 1. The molecule has 6 heteroatoms. The summed E-state index contributed by atoms with van der Waals surface area (Å²) in [6.45, 7) is 9.89. The number of aromatic nitrogens is 3. The lowest BCUT2D eigenvalue weighted by molar-refractivity contribution is 0.0490. The molecular formula is C17H30N4O2. The number of carbonyl (C=O) groups is 1. The summed E-state index contributed by atoms with van der Waals surface area (Å²) >= 11 is 0. The maximum Gasteiger partial charge on any atom is 0.407 e. The topological polar surface area (TPSA) is 69.0 Å². The van der Waals surface area contributed by atoms with E-state index in [1.165, 1.54) is 0 Å². The largest absolute Gasteiger partial charge is 0.444 e. The highest BCUT2D eigenvalue weighted by molar-refractivity contribution is 5.68. The monoisotopic (exact) mass is 322 g/mol. The summed E-state index contributed by atoms with van der Waals surface area (Å²) in [5, 5.41) is 11.7. The van der Waals surface area contributed by atoms with Crippen LogP contribution >= 0.6 is 0 Å². The van der Waals surface area contributed by atoms with E-state index in [0.717, 1.165) is 37.3 Å². The van der Waals surface area contributed by atoms with Gasteiger partial charge in [0.15, 0.2) is 0 Å². The van der Waals surface area contributed by atoms with Gasteiger partial charge in [-0.05, 0) is 40.0 Å². The van der Waals surface area contributed by atoms with E-state index in [4.69, 9.17) is 4.74 Å². The summed E-state index contributed by atoms with van der Waals surface area (Å²) in [5.74, 6) is 2.75. The fourth-order valence-electron chi connectivity index (χ4n) is 3.24. The average molecular weight is 322 g/mol. The minimum absolute atomic E-state index is 0.141. The van der Waals surface area contributed by atoms with Gasteiger partial charge in [0.25, 0.3) is 0 Å². The lowest BCUT2D eigenvalue weighted by Crippen LogP contribution is -2.41. The highest BCUT2D eigenvalue weighted by Gasteiger charge is 2.29. The summed E-state index contributed by atoms with van der Waals surface area (Å²) in [6, 6.07) is 0.141. The third-order valence-corrected chi connectivity index (χ3v) is 4.22. The Bertz CT molecular complexity index is 545. The number of alkyl carbamates (subject to hydrolysis) is 1. The molecule has 1 aromatic rings. The molecule has 0 aliphatic heterocycles. The van der Waals surface area contributed by atoms with Crippen molar-refractivity contribution < 1.29 is 9.53 Å². The minimum atomic E-state index is -0.464. The molecule has 6 nitrogen and oxygen atoms in total. The van der Waals surface area contributed by atoms with E-state index in [1.54, 1.807) is 0 Å². The third-order valence-electron chi connectivity index (χ3n) is 4.22. The fourth-order valence-corrected chi connectivity index (χ4v) is 3.24. The molecule has 1 N–H and O–H groups in total. The van der Waals surface area contributed by atoms with Crippen molar-refractivity contribution >= 4 is 6.09 Å². The highest BCUT2D eigenvalue weighted by Crippen LogP contribution is 2.32. The van der Waals surface area contributed by atoms with Crippen LogP contribution in [0.15, 0.2) is 0 Å². The maximum absolute atomic E-state index is 12.0. The second kappa shape index (κ2) is 6.89. The Morgan fingerprint density at radius 2 is 2.00 bits per heavy atom. The molecule has 0 spiro atoms. The predicted molar refractivity (Wildman–Crippen MR) is 89.5 cm³/mol. The second-order valence-electron chi connectivity index (χ2n) is 7.84. The number of rotatable bonds is 3. The van der Waals surface area contributed by atoms with Gasteiger partial charge in [-0.3, -0.25) is 0 Å². The SMILES string of the molecule is CC(C)c1nnc([C@H]2CCC[C@@H](NC(=O)OC(C)(C)C)C2)n1C. The summed E-state index contributed by atoms with van der Waals surface area (Å²) in [4.78, 5) is 12.0. The van der Waals surface area contributed by atoms with Crippen LogP contribution in [-0.4, -0.2) is 32.5 Å². The lowest BCUT2D eigenvalue weighted by Gasteiger charge is -2.30. The van der Waals surface area contributed by atoms with Crippen LogP contribution in [0, 0.1) is 0 Å². The van der Waals surface area contributed by atoms with E-state index in [2.05, 4.69) is 33.9 Å². The molecule has 1 saturated carbocycles.